The van der Waals surface area contributed by atoms with Gasteiger partial charge in [-0.3, -0.25) is 0 Å². The SMILES string of the molecule is CCC(C)(C)N(C)S(=O)(=O)c1cccc(S(=O)(=O)Cl)c1. The van der Waals surface area contributed by atoms with Crippen LogP contribution in [-0.4, -0.2) is 33.7 Å². The molecule has 5 nitrogen and oxygen atoms in total. The summed E-state index contributed by atoms with van der Waals surface area (Å²) in [6.45, 7) is 5.48. The quantitative estimate of drug-likeness (QED) is 0.772. The second-order valence-electron chi connectivity index (χ2n) is 5.05. The minimum Gasteiger partial charge on any atom is -0.207 e. The lowest BCUT2D eigenvalue weighted by atomic mass is 10.0. The first-order valence-corrected chi connectivity index (χ1v) is 9.71. The number of sulfonamides is 1. The van der Waals surface area contributed by atoms with Gasteiger partial charge in [-0.1, -0.05) is 13.0 Å². The molecule has 0 aliphatic heterocycles. The molecule has 0 amide bonds. The zero-order chi connectivity index (χ0) is 15.8. The van der Waals surface area contributed by atoms with Gasteiger partial charge in [0, 0.05) is 23.3 Å². The molecule has 0 bridgehead atoms. The van der Waals surface area contributed by atoms with Gasteiger partial charge < -0.3 is 0 Å². The van der Waals surface area contributed by atoms with Crippen molar-refractivity contribution in [1.29, 1.82) is 0 Å². The Labute approximate surface area is 125 Å². The number of hydrogen-bond donors (Lipinski definition) is 0. The van der Waals surface area contributed by atoms with Crippen LogP contribution in [0.15, 0.2) is 34.1 Å². The topological polar surface area (TPSA) is 71.5 Å². The van der Waals surface area contributed by atoms with Gasteiger partial charge >= 0.3 is 0 Å². The lowest BCUT2D eigenvalue weighted by Crippen LogP contribution is -2.44. The van der Waals surface area contributed by atoms with Gasteiger partial charge in [-0.15, -0.1) is 0 Å². The molecule has 0 N–H and O–H groups in total. The third-order valence-electron chi connectivity index (χ3n) is 3.46. The molecule has 1 aromatic carbocycles. The Morgan fingerprint density at radius 3 is 2.10 bits per heavy atom. The lowest BCUT2D eigenvalue weighted by Gasteiger charge is -2.33. The smallest absolute Gasteiger partial charge is 0.207 e. The van der Waals surface area contributed by atoms with Crippen molar-refractivity contribution in [2.24, 2.45) is 0 Å². The third kappa shape index (κ3) is 3.52. The molecule has 1 aromatic rings. The summed E-state index contributed by atoms with van der Waals surface area (Å²) in [5.41, 5.74) is -0.575. The van der Waals surface area contributed by atoms with Crippen molar-refractivity contribution >= 4 is 29.8 Å². The molecule has 0 heterocycles. The standard InChI is InChI=1S/C12H18ClNO4S2/c1-5-12(2,3)14(4)20(17,18)11-8-6-7-10(9-11)19(13,15)16/h6-9H,5H2,1-4H3. The summed E-state index contributed by atoms with van der Waals surface area (Å²) in [5.74, 6) is 0. The summed E-state index contributed by atoms with van der Waals surface area (Å²) < 4.78 is 48.8. The fraction of sp³-hybridized carbons (Fsp3) is 0.500. The number of nitrogens with zero attached hydrogens (tertiary/aromatic N) is 1. The first-order chi connectivity index (χ1) is 8.93. The van der Waals surface area contributed by atoms with E-state index in [-0.39, 0.29) is 9.79 Å². The molecule has 0 aromatic heterocycles. The van der Waals surface area contributed by atoms with Gasteiger partial charge in [0.15, 0.2) is 0 Å². The van der Waals surface area contributed by atoms with Crippen LogP contribution in [0, 0.1) is 0 Å². The van der Waals surface area contributed by atoms with E-state index in [9.17, 15) is 16.8 Å². The molecule has 0 unspecified atom stereocenters. The maximum absolute atomic E-state index is 12.5. The van der Waals surface area contributed by atoms with Crippen molar-refractivity contribution in [2.75, 3.05) is 7.05 Å². The summed E-state index contributed by atoms with van der Waals surface area (Å²) in [5, 5.41) is 0. The van der Waals surface area contributed by atoms with Gasteiger partial charge in [0.1, 0.15) is 0 Å². The molecular weight excluding hydrogens is 322 g/mol. The predicted octanol–water partition coefficient (Wildman–Crippen LogP) is 2.42. The second kappa shape index (κ2) is 5.63. The van der Waals surface area contributed by atoms with E-state index in [1.54, 1.807) is 13.8 Å². The monoisotopic (exact) mass is 339 g/mol. The summed E-state index contributed by atoms with van der Waals surface area (Å²) in [6.07, 6.45) is 0.621. The summed E-state index contributed by atoms with van der Waals surface area (Å²) in [7, 11) is -1.03. The van der Waals surface area contributed by atoms with E-state index in [0.717, 1.165) is 6.07 Å². The van der Waals surface area contributed by atoms with Gasteiger partial charge in [0.05, 0.1) is 9.79 Å². The molecule has 0 radical (unpaired) electrons. The minimum absolute atomic E-state index is 0.0942. The van der Waals surface area contributed by atoms with Gasteiger partial charge in [-0.05, 0) is 38.5 Å². The van der Waals surface area contributed by atoms with Crippen molar-refractivity contribution in [3.8, 4) is 0 Å². The fourth-order valence-electron chi connectivity index (χ4n) is 1.49. The van der Waals surface area contributed by atoms with E-state index in [0.29, 0.717) is 6.42 Å². The molecular formula is C12H18ClNO4S2. The van der Waals surface area contributed by atoms with Crippen LogP contribution in [0.3, 0.4) is 0 Å². The van der Waals surface area contributed by atoms with Crippen molar-refractivity contribution < 1.29 is 16.8 Å². The first kappa shape index (κ1) is 17.4. The Bertz CT molecular complexity index is 696. The Morgan fingerprint density at radius 1 is 1.15 bits per heavy atom. The summed E-state index contributed by atoms with van der Waals surface area (Å²) in [4.78, 5) is -0.328. The average Bonchev–Trinajstić information content (AvgIpc) is 2.37. The molecule has 0 spiro atoms. The molecule has 0 fully saturated rings. The summed E-state index contributed by atoms with van der Waals surface area (Å²) >= 11 is 0. The van der Waals surface area contributed by atoms with Gasteiger partial charge in [-0.2, -0.15) is 4.31 Å². The molecule has 0 atom stereocenters. The summed E-state index contributed by atoms with van der Waals surface area (Å²) in [6, 6.07) is 5.03. The molecule has 0 aliphatic carbocycles. The highest BCUT2D eigenvalue weighted by molar-refractivity contribution is 8.13. The normalized spacial score (nSPS) is 13.7. The Kier molecular flexibility index (Phi) is 4.91. The second-order valence-corrected chi connectivity index (χ2v) is 9.59. The molecule has 114 valence electrons. The van der Waals surface area contributed by atoms with E-state index in [4.69, 9.17) is 10.7 Å². The van der Waals surface area contributed by atoms with E-state index >= 15 is 0 Å². The zero-order valence-corrected chi connectivity index (χ0v) is 14.2. The van der Waals surface area contributed by atoms with Crippen LogP contribution in [0.4, 0.5) is 0 Å². The third-order valence-corrected chi connectivity index (χ3v) is 6.88. The molecule has 8 heteroatoms. The maximum atomic E-state index is 12.5. The molecule has 0 saturated heterocycles. The highest BCUT2D eigenvalue weighted by Crippen LogP contribution is 2.27. The number of halogens is 1. The van der Waals surface area contributed by atoms with Crippen LogP contribution < -0.4 is 0 Å². The number of benzene rings is 1. The van der Waals surface area contributed by atoms with Crippen molar-refractivity contribution in [2.45, 2.75) is 42.5 Å². The molecule has 20 heavy (non-hydrogen) atoms. The molecule has 0 aliphatic rings. The van der Waals surface area contributed by atoms with Crippen molar-refractivity contribution in [3.05, 3.63) is 24.3 Å². The van der Waals surface area contributed by atoms with Crippen LogP contribution in [-0.2, 0) is 19.1 Å². The maximum Gasteiger partial charge on any atom is 0.261 e. The molecule has 1 rings (SSSR count). The van der Waals surface area contributed by atoms with Crippen LogP contribution in [0.5, 0.6) is 0 Å². The van der Waals surface area contributed by atoms with Crippen LogP contribution in [0.1, 0.15) is 27.2 Å². The van der Waals surface area contributed by atoms with Crippen molar-refractivity contribution in [1.82, 2.24) is 4.31 Å². The van der Waals surface area contributed by atoms with Crippen LogP contribution in [0.2, 0.25) is 0 Å². The highest BCUT2D eigenvalue weighted by atomic mass is 35.7. The van der Waals surface area contributed by atoms with E-state index in [2.05, 4.69) is 0 Å². The zero-order valence-electron chi connectivity index (χ0n) is 11.8. The van der Waals surface area contributed by atoms with Gasteiger partial charge in [-0.25, -0.2) is 16.8 Å². The first-order valence-electron chi connectivity index (χ1n) is 5.96. The van der Waals surface area contributed by atoms with E-state index in [1.807, 2.05) is 6.92 Å². The van der Waals surface area contributed by atoms with Crippen molar-refractivity contribution in [3.63, 3.8) is 0 Å². The largest absolute Gasteiger partial charge is 0.261 e. The highest BCUT2D eigenvalue weighted by Gasteiger charge is 2.33. The number of hydrogen-bond acceptors (Lipinski definition) is 4. The van der Waals surface area contributed by atoms with Gasteiger partial charge in [0.25, 0.3) is 9.05 Å². The number of rotatable bonds is 5. The Hall–Kier alpha value is -0.630. The van der Waals surface area contributed by atoms with Crippen LogP contribution >= 0.6 is 10.7 Å². The fourth-order valence-corrected chi connectivity index (χ4v) is 3.99. The molecule has 0 saturated carbocycles. The minimum atomic E-state index is -3.96. The lowest BCUT2D eigenvalue weighted by molar-refractivity contribution is 0.257. The van der Waals surface area contributed by atoms with E-state index in [1.165, 1.54) is 29.6 Å². The van der Waals surface area contributed by atoms with E-state index < -0.39 is 24.6 Å². The Balaban J connectivity index is 3.38. The Morgan fingerprint density at radius 2 is 1.65 bits per heavy atom. The average molecular weight is 340 g/mol. The predicted molar refractivity (Wildman–Crippen MR) is 78.8 cm³/mol. The van der Waals surface area contributed by atoms with Gasteiger partial charge in [0.2, 0.25) is 10.0 Å². The van der Waals surface area contributed by atoms with Crippen LogP contribution in [0.25, 0.3) is 0 Å².